The number of aliphatic imine (C=N–C) groups is 1. The molecule has 198 valence electrons. The minimum absolute atomic E-state index is 0.114. The third-order valence-corrected chi connectivity index (χ3v) is 7.78. The third kappa shape index (κ3) is 5.31. The molecule has 10 nitrogen and oxygen atoms in total. The maximum atomic E-state index is 13.5. The molecule has 10 heteroatoms. The summed E-state index contributed by atoms with van der Waals surface area (Å²) < 4.78 is 1.87. The molecule has 37 heavy (non-hydrogen) atoms. The fourth-order valence-corrected chi connectivity index (χ4v) is 5.69. The number of nitrogens with one attached hydrogen (secondary N) is 2. The molecule has 2 N–H and O–H groups in total. The molecule has 5 heterocycles. The minimum Gasteiger partial charge on any atom is -0.356 e. The van der Waals surface area contributed by atoms with Crippen LogP contribution in [0.2, 0.25) is 0 Å². The van der Waals surface area contributed by atoms with Gasteiger partial charge in [0.25, 0.3) is 11.8 Å². The normalized spacial score (nSPS) is 21.9. The van der Waals surface area contributed by atoms with Crippen molar-refractivity contribution in [3.05, 3.63) is 29.5 Å². The van der Waals surface area contributed by atoms with Crippen LogP contribution in [0.4, 0.5) is 5.82 Å². The fraction of sp³-hybridized carbons (Fsp3) is 0.593. The number of amides is 2. The van der Waals surface area contributed by atoms with Crippen LogP contribution >= 0.6 is 0 Å². The summed E-state index contributed by atoms with van der Waals surface area (Å²) in [5.41, 5.74) is 2.87. The largest absolute Gasteiger partial charge is 0.356 e. The van der Waals surface area contributed by atoms with Crippen LogP contribution in [0.5, 0.6) is 0 Å². The number of aromatic nitrogens is 3. The van der Waals surface area contributed by atoms with Crippen LogP contribution < -0.4 is 15.5 Å². The Morgan fingerprint density at radius 3 is 2.57 bits per heavy atom. The van der Waals surface area contributed by atoms with Crippen molar-refractivity contribution >= 4 is 34.4 Å². The summed E-state index contributed by atoms with van der Waals surface area (Å²) in [5.74, 6) is -0.0615. The molecule has 2 amide bonds. The van der Waals surface area contributed by atoms with Crippen molar-refractivity contribution in [1.82, 2.24) is 30.3 Å². The Balaban J connectivity index is 1.37. The molecular formula is C27H38N8O2. The van der Waals surface area contributed by atoms with Crippen LogP contribution in [-0.2, 0) is 4.79 Å². The van der Waals surface area contributed by atoms with E-state index in [0.29, 0.717) is 23.0 Å². The lowest BCUT2D eigenvalue weighted by molar-refractivity contribution is -0.120. The molecule has 0 aliphatic carbocycles. The number of fused-ring (bicyclic) bond motifs is 1. The molecular weight excluding hydrogens is 468 g/mol. The zero-order valence-corrected chi connectivity index (χ0v) is 22.3. The van der Waals surface area contributed by atoms with Crippen LogP contribution in [0, 0.1) is 5.92 Å². The Morgan fingerprint density at radius 2 is 1.89 bits per heavy atom. The van der Waals surface area contributed by atoms with Crippen molar-refractivity contribution in [3.8, 4) is 0 Å². The maximum absolute atomic E-state index is 13.5. The van der Waals surface area contributed by atoms with E-state index < -0.39 is 5.92 Å². The van der Waals surface area contributed by atoms with Gasteiger partial charge in [0, 0.05) is 63.6 Å². The van der Waals surface area contributed by atoms with E-state index in [1.165, 1.54) is 0 Å². The van der Waals surface area contributed by atoms with Crippen LogP contribution in [-0.4, -0.2) is 89.0 Å². The van der Waals surface area contributed by atoms with E-state index in [1.807, 2.05) is 30.7 Å². The van der Waals surface area contributed by atoms with E-state index >= 15 is 0 Å². The van der Waals surface area contributed by atoms with Crippen molar-refractivity contribution < 1.29 is 9.59 Å². The number of dihydropyridines is 1. The highest BCUT2D eigenvalue weighted by molar-refractivity contribution is 6.07. The molecule has 0 bridgehead atoms. The van der Waals surface area contributed by atoms with Gasteiger partial charge in [-0.1, -0.05) is 5.57 Å². The summed E-state index contributed by atoms with van der Waals surface area (Å²) in [4.78, 5) is 39.9. The first kappa shape index (κ1) is 25.5. The van der Waals surface area contributed by atoms with Crippen molar-refractivity contribution in [2.75, 3.05) is 50.7 Å². The molecule has 1 atom stereocenters. The maximum Gasteiger partial charge on any atom is 0.254 e. The Bertz CT molecular complexity index is 1230. The number of pyridine rings is 1. The quantitative estimate of drug-likeness (QED) is 0.618. The summed E-state index contributed by atoms with van der Waals surface area (Å²) in [5, 5.41) is 11.7. The molecule has 0 aromatic carbocycles. The fourth-order valence-electron chi connectivity index (χ4n) is 5.69. The summed E-state index contributed by atoms with van der Waals surface area (Å²) >= 11 is 0. The van der Waals surface area contributed by atoms with Crippen LogP contribution in [0.3, 0.4) is 0 Å². The van der Waals surface area contributed by atoms with Gasteiger partial charge in [-0.05, 0) is 52.7 Å². The summed E-state index contributed by atoms with van der Waals surface area (Å²) in [6, 6.07) is 2.60. The zero-order valence-electron chi connectivity index (χ0n) is 22.3. The van der Waals surface area contributed by atoms with Gasteiger partial charge < -0.3 is 15.5 Å². The first-order valence-electron chi connectivity index (χ1n) is 13.5. The summed E-state index contributed by atoms with van der Waals surface area (Å²) in [7, 11) is 0. The van der Waals surface area contributed by atoms with Crippen molar-refractivity contribution in [2.24, 2.45) is 10.9 Å². The van der Waals surface area contributed by atoms with Crippen LogP contribution in [0.1, 0.15) is 56.9 Å². The smallest absolute Gasteiger partial charge is 0.254 e. The molecule has 0 spiro atoms. The molecule has 3 aliphatic heterocycles. The SMILES string of the molecule is CC1=CC(C)=NC(=O)C1CNC(=O)c1cc(N2CCC(N3CCNCC3)CC2)nc2c1cnn2C(C)C. The predicted molar refractivity (Wildman–Crippen MR) is 145 cm³/mol. The minimum atomic E-state index is -0.438. The number of carbonyl (C=O) groups is 2. The highest BCUT2D eigenvalue weighted by atomic mass is 16.2. The van der Waals surface area contributed by atoms with Gasteiger partial charge in [0.2, 0.25) is 0 Å². The highest BCUT2D eigenvalue weighted by Crippen LogP contribution is 2.28. The number of piperazine rings is 1. The molecule has 2 saturated heterocycles. The standard InChI is InChI=1S/C27H38N8O2/c1-17(2)35-25-23(16-30-35)21(26(36)29-15-22-18(3)13-19(4)31-27(22)37)14-24(32-25)34-9-5-20(6-10-34)33-11-7-28-8-12-33/h13-14,16-17,20,22,28H,5-12,15H2,1-4H3,(H,29,36). The number of nitrogens with zero attached hydrogens (tertiary/aromatic N) is 6. The van der Waals surface area contributed by atoms with Gasteiger partial charge in [-0.2, -0.15) is 5.10 Å². The van der Waals surface area contributed by atoms with E-state index in [0.717, 1.165) is 68.9 Å². The number of carbonyl (C=O) groups excluding carboxylic acids is 2. The average Bonchev–Trinajstić information content (AvgIpc) is 3.32. The second kappa shape index (κ2) is 10.7. The number of piperidine rings is 1. The van der Waals surface area contributed by atoms with Gasteiger partial charge in [-0.25, -0.2) is 14.7 Å². The van der Waals surface area contributed by atoms with Gasteiger partial charge >= 0.3 is 0 Å². The van der Waals surface area contributed by atoms with E-state index in [4.69, 9.17) is 4.98 Å². The first-order valence-corrected chi connectivity index (χ1v) is 13.5. The molecule has 3 aliphatic rings. The molecule has 0 radical (unpaired) electrons. The number of rotatable bonds is 6. The van der Waals surface area contributed by atoms with Gasteiger partial charge in [0.1, 0.15) is 5.82 Å². The Morgan fingerprint density at radius 1 is 1.16 bits per heavy atom. The number of hydrogen-bond acceptors (Lipinski definition) is 7. The monoisotopic (exact) mass is 506 g/mol. The van der Waals surface area contributed by atoms with Crippen LogP contribution in [0.15, 0.2) is 28.9 Å². The highest BCUT2D eigenvalue weighted by Gasteiger charge is 2.29. The molecule has 2 aromatic heterocycles. The van der Waals surface area contributed by atoms with Gasteiger partial charge in [0.15, 0.2) is 5.65 Å². The van der Waals surface area contributed by atoms with Crippen molar-refractivity contribution in [1.29, 1.82) is 0 Å². The Kier molecular flexibility index (Phi) is 7.39. The van der Waals surface area contributed by atoms with Gasteiger partial charge in [0.05, 0.1) is 23.1 Å². The van der Waals surface area contributed by atoms with Gasteiger partial charge in [-0.3, -0.25) is 14.5 Å². The number of anilines is 1. The molecule has 0 saturated carbocycles. The number of hydrogen-bond donors (Lipinski definition) is 2. The van der Waals surface area contributed by atoms with Crippen molar-refractivity contribution in [3.63, 3.8) is 0 Å². The predicted octanol–water partition coefficient (Wildman–Crippen LogP) is 2.18. The van der Waals surface area contributed by atoms with E-state index in [9.17, 15) is 9.59 Å². The van der Waals surface area contributed by atoms with Gasteiger partial charge in [-0.15, -0.1) is 0 Å². The Labute approximate surface area is 218 Å². The molecule has 1 unspecified atom stereocenters. The molecule has 5 rings (SSSR count). The second-order valence-corrected chi connectivity index (χ2v) is 10.7. The lowest BCUT2D eigenvalue weighted by atomic mass is 9.95. The lowest BCUT2D eigenvalue weighted by Gasteiger charge is -2.40. The summed E-state index contributed by atoms with van der Waals surface area (Å²) in [6.07, 6.45) is 5.79. The topological polar surface area (TPSA) is 108 Å². The van der Waals surface area contributed by atoms with Crippen molar-refractivity contribution in [2.45, 2.75) is 52.6 Å². The average molecular weight is 507 g/mol. The second-order valence-electron chi connectivity index (χ2n) is 10.7. The lowest BCUT2D eigenvalue weighted by Crippen LogP contribution is -2.52. The van der Waals surface area contributed by atoms with E-state index in [1.54, 1.807) is 6.20 Å². The molecule has 2 fully saturated rings. The zero-order chi connectivity index (χ0) is 26.1. The van der Waals surface area contributed by atoms with Crippen LogP contribution in [0.25, 0.3) is 11.0 Å². The number of allylic oxidation sites excluding steroid dienone is 1. The summed E-state index contributed by atoms with van der Waals surface area (Å²) in [6.45, 7) is 14.2. The Hall–Kier alpha value is -3.11. The van der Waals surface area contributed by atoms with E-state index in [2.05, 4.69) is 44.4 Å². The molecule has 2 aromatic rings. The first-order chi connectivity index (χ1) is 17.8. The van der Waals surface area contributed by atoms with E-state index in [-0.39, 0.29) is 24.4 Å². The third-order valence-electron chi connectivity index (χ3n) is 7.78.